The third-order valence-corrected chi connectivity index (χ3v) is 3.80. The van der Waals surface area contributed by atoms with Gasteiger partial charge in [-0.05, 0) is 23.8 Å². The Kier molecular flexibility index (Phi) is 8.61. The lowest BCUT2D eigenvalue weighted by atomic mass is 10.0. The van der Waals surface area contributed by atoms with Crippen molar-refractivity contribution in [3.63, 3.8) is 0 Å². The summed E-state index contributed by atoms with van der Waals surface area (Å²) in [6, 6.07) is 7.65. The zero-order chi connectivity index (χ0) is 19.7. The van der Waals surface area contributed by atoms with Crippen molar-refractivity contribution in [2.24, 2.45) is 17.6 Å². The molecule has 0 aromatic heterocycles. The van der Waals surface area contributed by atoms with Gasteiger partial charge in [0.1, 0.15) is 18.7 Å². The molecular formula is C19H29N3O4. The highest BCUT2D eigenvalue weighted by Gasteiger charge is 2.28. The zero-order valence-corrected chi connectivity index (χ0v) is 15.8. The smallest absolute Gasteiger partial charge is 0.408 e. The number of nitrogens with two attached hydrogens (primary N) is 1. The summed E-state index contributed by atoms with van der Waals surface area (Å²) in [6.07, 6.45) is -0.273. The van der Waals surface area contributed by atoms with Gasteiger partial charge in [0, 0.05) is 0 Å². The summed E-state index contributed by atoms with van der Waals surface area (Å²) in [5, 5.41) is 5.19. The van der Waals surface area contributed by atoms with Gasteiger partial charge < -0.3 is 21.1 Å². The van der Waals surface area contributed by atoms with Crippen molar-refractivity contribution >= 4 is 17.9 Å². The number of amides is 3. The number of carbonyl (C=O) groups is 3. The van der Waals surface area contributed by atoms with Gasteiger partial charge in [-0.25, -0.2) is 4.79 Å². The number of rotatable bonds is 9. The molecular weight excluding hydrogens is 334 g/mol. The molecule has 2 atom stereocenters. The third-order valence-electron chi connectivity index (χ3n) is 3.80. The number of carbonyl (C=O) groups excluding carboxylic acids is 3. The van der Waals surface area contributed by atoms with Crippen LogP contribution in [-0.2, 0) is 20.9 Å². The highest BCUT2D eigenvalue weighted by molar-refractivity contribution is 5.90. The van der Waals surface area contributed by atoms with Gasteiger partial charge in [0.15, 0.2) is 0 Å². The summed E-state index contributed by atoms with van der Waals surface area (Å²) in [5.74, 6) is -1.05. The Hall–Kier alpha value is -2.57. The third kappa shape index (κ3) is 7.55. The molecule has 0 aliphatic rings. The van der Waals surface area contributed by atoms with E-state index in [0.29, 0.717) is 6.42 Å². The Morgan fingerprint density at radius 1 is 1.04 bits per heavy atom. The SMILES string of the molecule is CC(C)C[C@H](NC(=O)OCc1ccccc1)C(=O)N[C@@H](C(N)=O)C(C)C. The number of hydrogen-bond donors (Lipinski definition) is 3. The first kappa shape index (κ1) is 21.5. The molecule has 0 saturated heterocycles. The lowest BCUT2D eigenvalue weighted by Gasteiger charge is -2.24. The number of primary amides is 1. The van der Waals surface area contributed by atoms with E-state index in [-0.39, 0.29) is 18.4 Å². The van der Waals surface area contributed by atoms with Gasteiger partial charge in [0.25, 0.3) is 0 Å². The molecule has 1 rings (SSSR count). The van der Waals surface area contributed by atoms with Crippen LogP contribution in [0, 0.1) is 11.8 Å². The topological polar surface area (TPSA) is 111 Å². The van der Waals surface area contributed by atoms with Crippen LogP contribution in [0.4, 0.5) is 4.79 Å². The minimum Gasteiger partial charge on any atom is -0.445 e. The number of hydrogen-bond acceptors (Lipinski definition) is 4. The van der Waals surface area contributed by atoms with E-state index in [4.69, 9.17) is 10.5 Å². The fourth-order valence-electron chi connectivity index (χ4n) is 2.43. The van der Waals surface area contributed by atoms with Gasteiger partial charge in [-0.2, -0.15) is 0 Å². The quantitative estimate of drug-likeness (QED) is 0.623. The van der Waals surface area contributed by atoms with Crippen LogP contribution in [0.1, 0.15) is 39.7 Å². The number of ether oxygens (including phenoxy) is 1. The summed E-state index contributed by atoms with van der Waals surface area (Å²) in [6.45, 7) is 7.55. The Morgan fingerprint density at radius 2 is 1.65 bits per heavy atom. The fourth-order valence-corrected chi connectivity index (χ4v) is 2.43. The Balaban J connectivity index is 2.68. The Labute approximate surface area is 154 Å². The molecule has 0 unspecified atom stereocenters. The van der Waals surface area contributed by atoms with Crippen molar-refractivity contribution in [2.45, 2.75) is 52.8 Å². The Bertz CT molecular complexity index is 602. The van der Waals surface area contributed by atoms with Crippen LogP contribution in [0.15, 0.2) is 30.3 Å². The molecule has 144 valence electrons. The van der Waals surface area contributed by atoms with Gasteiger partial charge >= 0.3 is 6.09 Å². The van der Waals surface area contributed by atoms with Crippen LogP contribution >= 0.6 is 0 Å². The van der Waals surface area contributed by atoms with Crippen LogP contribution in [0.5, 0.6) is 0 Å². The first-order valence-electron chi connectivity index (χ1n) is 8.77. The molecule has 7 nitrogen and oxygen atoms in total. The molecule has 0 radical (unpaired) electrons. The summed E-state index contributed by atoms with van der Waals surface area (Å²) < 4.78 is 5.17. The molecule has 0 saturated carbocycles. The van der Waals surface area contributed by atoms with Gasteiger partial charge in [0.2, 0.25) is 11.8 Å². The largest absolute Gasteiger partial charge is 0.445 e. The summed E-state index contributed by atoms with van der Waals surface area (Å²) >= 11 is 0. The van der Waals surface area contributed by atoms with E-state index in [1.165, 1.54) is 0 Å². The first-order valence-corrected chi connectivity index (χ1v) is 8.77. The van der Waals surface area contributed by atoms with Crippen molar-refractivity contribution < 1.29 is 19.1 Å². The maximum Gasteiger partial charge on any atom is 0.408 e. The molecule has 0 fully saturated rings. The van der Waals surface area contributed by atoms with Crippen LogP contribution in [0.25, 0.3) is 0 Å². The van der Waals surface area contributed by atoms with Crippen LogP contribution < -0.4 is 16.4 Å². The van der Waals surface area contributed by atoms with E-state index in [0.717, 1.165) is 5.56 Å². The molecule has 4 N–H and O–H groups in total. The van der Waals surface area contributed by atoms with Gasteiger partial charge in [-0.1, -0.05) is 58.0 Å². The lowest BCUT2D eigenvalue weighted by molar-refractivity contribution is -0.129. The molecule has 7 heteroatoms. The van der Waals surface area contributed by atoms with E-state index in [1.807, 2.05) is 44.2 Å². The monoisotopic (exact) mass is 363 g/mol. The van der Waals surface area contributed by atoms with E-state index >= 15 is 0 Å². The standard InChI is InChI=1S/C19H29N3O4/c1-12(2)10-15(18(24)22-16(13(3)4)17(20)23)21-19(25)26-11-14-8-6-5-7-9-14/h5-9,12-13,15-16H,10-11H2,1-4H3,(H2,20,23)(H,21,25)(H,22,24)/t15-,16+/m0/s1. The second kappa shape index (κ2) is 10.4. The zero-order valence-electron chi connectivity index (χ0n) is 15.8. The van der Waals surface area contributed by atoms with Crippen molar-refractivity contribution in [1.82, 2.24) is 10.6 Å². The molecule has 0 bridgehead atoms. The molecule has 26 heavy (non-hydrogen) atoms. The molecule has 1 aromatic carbocycles. The van der Waals surface area contributed by atoms with E-state index in [2.05, 4.69) is 10.6 Å². The predicted octanol–water partition coefficient (Wildman–Crippen LogP) is 1.95. The number of nitrogens with one attached hydrogen (secondary N) is 2. The maximum atomic E-state index is 12.5. The number of benzene rings is 1. The van der Waals surface area contributed by atoms with Crippen LogP contribution in [0.2, 0.25) is 0 Å². The molecule has 0 aliphatic heterocycles. The van der Waals surface area contributed by atoms with Gasteiger partial charge in [0.05, 0.1) is 0 Å². The average molecular weight is 363 g/mol. The molecule has 0 spiro atoms. The minimum atomic E-state index is -0.807. The van der Waals surface area contributed by atoms with Crippen LogP contribution in [-0.4, -0.2) is 30.0 Å². The number of alkyl carbamates (subject to hydrolysis) is 1. The molecule has 0 heterocycles. The second-order valence-electron chi connectivity index (χ2n) is 7.02. The fraction of sp³-hybridized carbons (Fsp3) is 0.526. The van der Waals surface area contributed by atoms with Gasteiger partial charge in [-0.15, -0.1) is 0 Å². The summed E-state index contributed by atoms with van der Waals surface area (Å²) in [7, 11) is 0. The maximum absolute atomic E-state index is 12.5. The molecule has 1 aromatic rings. The van der Waals surface area contributed by atoms with Gasteiger partial charge in [-0.3, -0.25) is 9.59 Å². The normalized spacial score (nSPS) is 13.2. The average Bonchev–Trinajstić information content (AvgIpc) is 2.57. The highest BCUT2D eigenvalue weighted by Crippen LogP contribution is 2.08. The predicted molar refractivity (Wildman–Crippen MR) is 99.0 cm³/mol. The lowest BCUT2D eigenvalue weighted by Crippen LogP contribution is -2.54. The van der Waals surface area contributed by atoms with Crippen molar-refractivity contribution in [3.05, 3.63) is 35.9 Å². The van der Waals surface area contributed by atoms with Crippen LogP contribution in [0.3, 0.4) is 0 Å². The minimum absolute atomic E-state index is 0.110. The summed E-state index contributed by atoms with van der Waals surface area (Å²) in [5.41, 5.74) is 6.18. The summed E-state index contributed by atoms with van der Waals surface area (Å²) in [4.78, 5) is 36.1. The Morgan fingerprint density at radius 3 is 2.15 bits per heavy atom. The first-order chi connectivity index (χ1) is 12.2. The van der Waals surface area contributed by atoms with E-state index in [1.54, 1.807) is 13.8 Å². The molecule has 0 aliphatic carbocycles. The van der Waals surface area contributed by atoms with E-state index in [9.17, 15) is 14.4 Å². The van der Waals surface area contributed by atoms with E-state index < -0.39 is 30.0 Å². The van der Waals surface area contributed by atoms with Crippen molar-refractivity contribution in [1.29, 1.82) is 0 Å². The highest BCUT2D eigenvalue weighted by atomic mass is 16.5. The van der Waals surface area contributed by atoms with Crippen molar-refractivity contribution in [2.75, 3.05) is 0 Å². The van der Waals surface area contributed by atoms with Crippen molar-refractivity contribution in [3.8, 4) is 0 Å². The second-order valence-corrected chi connectivity index (χ2v) is 7.02. The molecule has 3 amide bonds.